The first-order chi connectivity index (χ1) is 13.0. The van der Waals surface area contributed by atoms with E-state index in [0.717, 1.165) is 15.6 Å². The molecule has 2 rings (SSSR count). The number of hydrogen-bond donors (Lipinski definition) is 0. The number of anilines is 1. The number of carbonyl (C=O) groups is 2. The molecule has 1 aromatic carbocycles. The quantitative estimate of drug-likeness (QED) is 0.470. The second-order valence-corrected chi connectivity index (χ2v) is 7.74. The average Bonchev–Trinajstić information content (AvgIpc) is 3.09. The lowest BCUT2D eigenvalue weighted by atomic mass is 10.2. The van der Waals surface area contributed by atoms with Crippen molar-refractivity contribution < 1.29 is 14.3 Å². The number of nitriles is 1. The number of amides is 1. The van der Waals surface area contributed by atoms with Crippen molar-refractivity contribution in [1.82, 2.24) is 4.98 Å². The number of thiazole rings is 1. The number of aryl methyl sites for hydroxylation is 1. The SMILES string of the molecule is CCOC(=O)Cc1csc(SCC(=O)N(CCC#N)c2ccc(C)cc2)n1. The number of thioether (sulfide) groups is 1. The van der Waals surface area contributed by atoms with E-state index in [1.54, 1.807) is 17.2 Å². The van der Waals surface area contributed by atoms with E-state index in [2.05, 4.69) is 11.1 Å². The highest BCUT2D eigenvalue weighted by atomic mass is 32.2. The molecule has 0 spiro atoms. The average molecular weight is 404 g/mol. The molecule has 0 saturated carbocycles. The van der Waals surface area contributed by atoms with Crippen LogP contribution in [0, 0.1) is 18.3 Å². The fraction of sp³-hybridized carbons (Fsp3) is 0.368. The van der Waals surface area contributed by atoms with E-state index >= 15 is 0 Å². The molecule has 1 amide bonds. The zero-order chi connectivity index (χ0) is 19.6. The van der Waals surface area contributed by atoms with Gasteiger partial charge in [0.1, 0.15) is 0 Å². The summed E-state index contributed by atoms with van der Waals surface area (Å²) in [5.41, 5.74) is 2.54. The van der Waals surface area contributed by atoms with Gasteiger partial charge in [0.05, 0.1) is 37.0 Å². The minimum atomic E-state index is -0.308. The number of aromatic nitrogens is 1. The lowest BCUT2D eigenvalue weighted by Gasteiger charge is -2.21. The van der Waals surface area contributed by atoms with Crippen molar-refractivity contribution in [3.63, 3.8) is 0 Å². The van der Waals surface area contributed by atoms with Crippen molar-refractivity contribution in [1.29, 1.82) is 5.26 Å². The third-order valence-corrected chi connectivity index (χ3v) is 5.63. The van der Waals surface area contributed by atoms with E-state index in [4.69, 9.17) is 10.00 Å². The predicted molar refractivity (Wildman–Crippen MR) is 107 cm³/mol. The van der Waals surface area contributed by atoms with Crippen molar-refractivity contribution in [2.24, 2.45) is 0 Å². The van der Waals surface area contributed by atoms with Gasteiger partial charge in [0.2, 0.25) is 5.91 Å². The summed E-state index contributed by atoms with van der Waals surface area (Å²) in [6.07, 6.45) is 0.404. The van der Waals surface area contributed by atoms with Gasteiger partial charge in [0.15, 0.2) is 4.34 Å². The number of benzene rings is 1. The Kier molecular flexibility index (Phi) is 8.30. The molecule has 0 fully saturated rings. The van der Waals surface area contributed by atoms with E-state index in [1.807, 2.05) is 31.2 Å². The maximum Gasteiger partial charge on any atom is 0.311 e. The van der Waals surface area contributed by atoms with E-state index in [-0.39, 0.29) is 30.5 Å². The molecule has 0 atom stereocenters. The van der Waals surface area contributed by atoms with Crippen LogP contribution in [0.1, 0.15) is 24.6 Å². The van der Waals surface area contributed by atoms with Crippen LogP contribution in [-0.2, 0) is 20.7 Å². The smallest absolute Gasteiger partial charge is 0.311 e. The monoisotopic (exact) mass is 403 g/mol. The first-order valence-electron chi connectivity index (χ1n) is 8.50. The lowest BCUT2D eigenvalue weighted by molar-refractivity contribution is -0.142. The van der Waals surface area contributed by atoms with Crippen molar-refractivity contribution >= 4 is 40.7 Å². The van der Waals surface area contributed by atoms with E-state index in [9.17, 15) is 9.59 Å². The summed E-state index contributed by atoms with van der Waals surface area (Å²) in [4.78, 5) is 30.2. The van der Waals surface area contributed by atoms with Gasteiger partial charge >= 0.3 is 5.97 Å². The number of ether oxygens (including phenoxy) is 1. The van der Waals surface area contributed by atoms with Gasteiger partial charge in [0, 0.05) is 17.6 Å². The molecule has 2 aromatic rings. The molecule has 8 heteroatoms. The van der Waals surface area contributed by atoms with E-state index < -0.39 is 0 Å². The summed E-state index contributed by atoms with van der Waals surface area (Å²) in [6.45, 7) is 4.44. The maximum atomic E-state index is 12.7. The highest BCUT2D eigenvalue weighted by Gasteiger charge is 2.17. The highest BCUT2D eigenvalue weighted by molar-refractivity contribution is 8.01. The van der Waals surface area contributed by atoms with Crippen molar-refractivity contribution in [2.45, 2.75) is 31.0 Å². The molecular formula is C19H21N3O3S2. The second-order valence-electron chi connectivity index (χ2n) is 5.66. The summed E-state index contributed by atoms with van der Waals surface area (Å²) < 4.78 is 5.64. The Morgan fingerprint density at radius 1 is 1.33 bits per heavy atom. The molecule has 1 heterocycles. The van der Waals surface area contributed by atoms with Crippen LogP contribution in [0.15, 0.2) is 34.0 Å². The molecule has 0 aliphatic carbocycles. The van der Waals surface area contributed by atoms with Crippen LogP contribution in [0.3, 0.4) is 0 Å². The summed E-state index contributed by atoms with van der Waals surface area (Å²) in [5, 5.41) is 10.7. The summed E-state index contributed by atoms with van der Waals surface area (Å²) >= 11 is 2.73. The first kappa shape index (κ1) is 20.9. The Bertz CT molecular complexity index is 812. The van der Waals surface area contributed by atoms with Crippen molar-refractivity contribution in [3.05, 3.63) is 40.9 Å². The molecule has 6 nitrogen and oxygen atoms in total. The summed E-state index contributed by atoms with van der Waals surface area (Å²) in [6, 6.07) is 9.74. The maximum absolute atomic E-state index is 12.7. The van der Waals surface area contributed by atoms with Gasteiger partial charge in [-0.1, -0.05) is 29.5 Å². The Hall–Kier alpha value is -2.37. The third kappa shape index (κ3) is 6.70. The number of nitrogens with zero attached hydrogens (tertiary/aromatic N) is 3. The van der Waals surface area contributed by atoms with Gasteiger partial charge < -0.3 is 9.64 Å². The number of esters is 1. The molecule has 0 saturated heterocycles. The summed E-state index contributed by atoms with van der Waals surface area (Å²) in [7, 11) is 0. The predicted octanol–water partition coefficient (Wildman–Crippen LogP) is 3.60. The zero-order valence-corrected chi connectivity index (χ0v) is 16.9. The minimum absolute atomic E-state index is 0.0822. The minimum Gasteiger partial charge on any atom is -0.466 e. The van der Waals surface area contributed by atoms with Gasteiger partial charge in [-0.2, -0.15) is 5.26 Å². The van der Waals surface area contributed by atoms with Gasteiger partial charge in [-0.15, -0.1) is 11.3 Å². The number of rotatable bonds is 9. The highest BCUT2D eigenvalue weighted by Crippen LogP contribution is 2.25. The van der Waals surface area contributed by atoms with E-state index in [1.165, 1.54) is 23.1 Å². The molecule has 0 radical (unpaired) electrons. The molecule has 0 unspecified atom stereocenters. The van der Waals surface area contributed by atoms with Gasteiger partial charge in [0.25, 0.3) is 0 Å². The van der Waals surface area contributed by atoms with Gasteiger partial charge in [-0.05, 0) is 26.0 Å². The lowest BCUT2D eigenvalue weighted by Crippen LogP contribution is -2.33. The topological polar surface area (TPSA) is 83.3 Å². The van der Waals surface area contributed by atoms with Crippen LogP contribution in [0.25, 0.3) is 0 Å². The fourth-order valence-electron chi connectivity index (χ4n) is 2.28. The Morgan fingerprint density at radius 2 is 2.07 bits per heavy atom. The Balaban J connectivity index is 1.97. The third-order valence-electron chi connectivity index (χ3n) is 3.57. The normalized spacial score (nSPS) is 10.3. The largest absolute Gasteiger partial charge is 0.466 e. The van der Waals surface area contributed by atoms with Crippen molar-refractivity contribution in [2.75, 3.05) is 23.8 Å². The van der Waals surface area contributed by atoms with Crippen LogP contribution in [0.2, 0.25) is 0 Å². The van der Waals surface area contributed by atoms with Crippen LogP contribution in [0.4, 0.5) is 5.69 Å². The molecule has 1 aromatic heterocycles. The molecular weight excluding hydrogens is 382 g/mol. The molecule has 27 heavy (non-hydrogen) atoms. The van der Waals surface area contributed by atoms with Crippen LogP contribution in [-0.4, -0.2) is 35.8 Å². The van der Waals surface area contributed by atoms with Crippen LogP contribution >= 0.6 is 23.1 Å². The van der Waals surface area contributed by atoms with Crippen LogP contribution in [0.5, 0.6) is 0 Å². The molecule has 0 bridgehead atoms. The summed E-state index contributed by atoms with van der Waals surface area (Å²) in [5.74, 6) is -0.176. The molecule has 142 valence electrons. The second kappa shape index (κ2) is 10.7. The zero-order valence-electron chi connectivity index (χ0n) is 15.3. The number of hydrogen-bond acceptors (Lipinski definition) is 7. The molecule has 0 aliphatic heterocycles. The standard InChI is InChI=1S/C19H21N3O3S2/c1-3-25-18(24)11-15-12-26-19(21-15)27-13-17(23)22(10-4-9-20)16-7-5-14(2)6-8-16/h5-8,12H,3-4,10-11,13H2,1-2H3. The Morgan fingerprint density at radius 3 is 2.74 bits per heavy atom. The first-order valence-corrected chi connectivity index (χ1v) is 10.4. The van der Waals surface area contributed by atoms with Gasteiger partial charge in [-0.3, -0.25) is 9.59 Å². The Labute approximate surface area is 167 Å². The van der Waals surface area contributed by atoms with Crippen molar-refractivity contribution in [3.8, 4) is 6.07 Å². The van der Waals surface area contributed by atoms with E-state index in [0.29, 0.717) is 18.8 Å². The fourth-order valence-corrected chi connectivity index (χ4v) is 4.00. The number of carbonyl (C=O) groups excluding carboxylic acids is 2. The van der Waals surface area contributed by atoms with Gasteiger partial charge in [-0.25, -0.2) is 4.98 Å². The van der Waals surface area contributed by atoms with Crippen LogP contribution < -0.4 is 4.90 Å². The molecule has 0 N–H and O–H groups in total. The molecule has 0 aliphatic rings.